The van der Waals surface area contributed by atoms with Gasteiger partial charge in [0.2, 0.25) is 0 Å². The van der Waals surface area contributed by atoms with Gasteiger partial charge in [0.1, 0.15) is 0 Å². The van der Waals surface area contributed by atoms with Gasteiger partial charge in [-0.3, -0.25) is 20.0 Å². The molecule has 7 heteroatoms. The number of amides is 1. The van der Waals surface area contributed by atoms with Gasteiger partial charge in [0.25, 0.3) is 5.91 Å². The maximum atomic E-state index is 11.3. The molecule has 1 unspecified atom stereocenters. The van der Waals surface area contributed by atoms with Crippen LogP contribution in [0.3, 0.4) is 0 Å². The molecule has 1 amide bonds. The lowest BCUT2D eigenvalue weighted by molar-refractivity contribution is 0.0417. The predicted octanol–water partition coefficient (Wildman–Crippen LogP) is -0.0518. The quantitative estimate of drug-likeness (QED) is 0.458. The van der Waals surface area contributed by atoms with Crippen LogP contribution >= 0.6 is 0 Å². The number of nitrogens with two attached hydrogens (primary N) is 1. The van der Waals surface area contributed by atoms with E-state index in [2.05, 4.69) is 20.4 Å². The van der Waals surface area contributed by atoms with Crippen LogP contribution in [0.25, 0.3) is 0 Å². The number of nitrogen functional groups attached to an aromatic ring is 1. The van der Waals surface area contributed by atoms with Crippen LogP contribution in [0.5, 0.6) is 0 Å². The Kier molecular flexibility index (Phi) is 4.00. The first-order chi connectivity index (χ1) is 9.76. The Labute approximate surface area is 118 Å². The molecule has 2 fully saturated rings. The number of hydrogen-bond acceptors (Lipinski definition) is 6. The van der Waals surface area contributed by atoms with Crippen molar-refractivity contribution in [3.8, 4) is 0 Å². The molecule has 0 bridgehead atoms. The highest BCUT2D eigenvalue weighted by atomic mass is 16.5. The largest absolute Gasteiger partial charge is 0.359 e. The second kappa shape index (κ2) is 5.90. The van der Waals surface area contributed by atoms with Crippen LogP contribution in [0.4, 0.5) is 0 Å². The van der Waals surface area contributed by atoms with Gasteiger partial charge in [-0.05, 0) is 19.4 Å². The summed E-state index contributed by atoms with van der Waals surface area (Å²) in [6.45, 7) is 5.17. The van der Waals surface area contributed by atoms with Gasteiger partial charge in [-0.2, -0.15) is 0 Å². The molecule has 2 saturated heterocycles. The summed E-state index contributed by atoms with van der Waals surface area (Å²) in [6, 6.07) is 2.34. The zero-order valence-corrected chi connectivity index (χ0v) is 11.5. The van der Waals surface area contributed by atoms with Gasteiger partial charge in [0.15, 0.2) is 11.5 Å². The number of aromatic nitrogens is 1. The van der Waals surface area contributed by atoms with E-state index in [1.54, 1.807) is 6.07 Å². The highest BCUT2D eigenvalue weighted by Gasteiger charge is 2.29. The van der Waals surface area contributed by atoms with E-state index in [9.17, 15) is 4.79 Å². The molecule has 3 rings (SSSR count). The summed E-state index contributed by atoms with van der Waals surface area (Å²) in [7, 11) is 0. The topological polar surface area (TPSA) is 87.6 Å². The first-order valence-corrected chi connectivity index (χ1v) is 7.19. The lowest BCUT2D eigenvalue weighted by Gasteiger charge is -2.43. The zero-order valence-electron chi connectivity index (χ0n) is 11.5. The van der Waals surface area contributed by atoms with Crippen molar-refractivity contribution in [2.45, 2.75) is 31.8 Å². The van der Waals surface area contributed by atoms with E-state index in [4.69, 9.17) is 10.4 Å². The number of piperidine rings is 1. The molecular weight excluding hydrogens is 258 g/mol. The van der Waals surface area contributed by atoms with Crippen molar-refractivity contribution < 1.29 is 9.32 Å². The molecule has 2 aliphatic rings. The Hall–Kier alpha value is -1.44. The Bertz CT molecular complexity index is 475. The summed E-state index contributed by atoms with van der Waals surface area (Å²) < 4.78 is 5.20. The normalized spacial score (nSPS) is 24.4. The van der Waals surface area contributed by atoms with Crippen LogP contribution in [-0.2, 0) is 6.54 Å². The fourth-order valence-electron chi connectivity index (χ4n) is 3.15. The number of carbonyl (C=O) groups is 1. The van der Waals surface area contributed by atoms with Crippen molar-refractivity contribution in [2.24, 2.45) is 5.84 Å². The number of carbonyl (C=O) groups excluding carboxylic acids is 1. The van der Waals surface area contributed by atoms with Crippen molar-refractivity contribution in [2.75, 3.05) is 26.2 Å². The smallest absolute Gasteiger partial charge is 0.287 e. The first-order valence-electron chi connectivity index (χ1n) is 7.19. The molecule has 0 saturated carbocycles. The molecule has 3 heterocycles. The molecule has 20 heavy (non-hydrogen) atoms. The van der Waals surface area contributed by atoms with Crippen LogP contribution < -0.4 is 11.3 Å². The number of piperazine rings is 1. The van der Waals surface area contributed by atoms with E-state index in [0.717, 1.165) is 19.6 Å². The number of rotatable bonds is 3. The molecule has 1 aromatic rings. The number of nitrogens with one attached hydrogen (secondary N) is 1. The van der Waals surface area contributed by atoms with Crippen molar-refractivity contribution in [3.05, 3.63) is 17.5 Å². The van der Waals surface area contributed by atoms with Crippen molar-refractivity contribution in [1.29, 1.82) is 0 Å². The van der Waals surface area contributed by atoms with Gasteiger partial charge in [0.05, 0.1) is 6.54 Å². The van der Waals surface area contributed by atoms with E-state index in [1.165, 1.54) is 25.8 Å². The number of nitrogens with zero attached hydrogens (tertiary/aromatic N) is 3. The maximum absolute atomic E-state index is 11.3. The van der Waals surface area contributed by atoms with Crippen molar-refractivity contribution in [1.82, 2.24) is 20.4 Å². The third-order valence-electron chi connectivity index (χ3n) is 4.22. The lowest BCUT2D eigenvalue weighted by Crippen LogP contribution is -2.54. The minimum absolute atomic E-state index is 0.235. The Morgan fingerprint density at radius 3 is 3.20 bits per heavy atom. The van der Waals surface area contributed by atoms with Crippen LogP contribution in [0.2, 0.25) is 0 Å². The second-order valence-corrected chi connectivity index (χ2v) is 5.57. The predicted molar refractivity (Wildman–Crippen MR) is 72.6 cm³/mol. The lowest BCUT2D eigenvalue weighted by atomic mass is 9.99. The summed E-state index contributed by atoms with van der Waals surface area (Å²) in [5, 5.41) is 3.73. The second-order valence-electron chi connectivity index (χ2n) is 5.57. The van der Waals surface area contributed by atoms with E-state index in [-0.39, 0.29) is 5.69 Å². The van der Waals surface area contributed by atoms with Gasteiger partial charge in [-0.15, -0.1) is 0 Å². The minimum Gasteiger partial charge on any atom is -0.359 e. The molecule has 0 aromatic carbocycles. The summed E-state index contributed by atoms with van der Waals surface area (Å²) >= 11 is 0. The Balaban J connectivity index is 1.58. The molecule has 110 valence electrons. The van der Waals surface area contributed by atoms with Gasteiger partial charge >= 0.3 is 0 Å². The zero-order chi connectivity index (χ0) is 13.9. The highest BCUT2D eigenvalue weighted by Crippen LogP contribution is 2.22. The molecule has 1 aromatic heterocycles. The SMILES string of the molecule is NNC(=O)c1cc(CN2CCN3CCCCC3C2)on1. The highest BCUT2D eigenvalue weighted by molar-refractivity contribution is 5.91. The standard InChI is InChI=1S/C13H21N5O2/c14-15-13(19)12-7-11(20-16-12)9-17-5-6-18-4-2-1-3-10(18)8-17/h7,10H,1-6,8-9,14H2,(H,15,19). The first kappa shape index (κ1) is 13.5. The number of fused-ring (bicyclic) bond motifs is 1. The van der Waals surface area contributed by atoms with E-state index < -0.39 is 5.91 Å². The van der Waals surface area contributed by atoms with Gasteiger partial charge in [0, 0.05) is 31.7 Å². The molecule has 3 N–H and O–H groups in total. The van der Waals surface area contributed by atoms with Crippen molar-refractivity contribution in [3.63, 3.8) is 0 Å². The summed E-state index contributed by atoms with van der Waals surface area (Å²) in [4.78, 5) is 16.3. The Morgan fingerprint density at radius 2 is 2.35 bits per heavy atom. The van der Waals surface area contributed by atoms with Crippen LogP contribution in [0.15, 0.2) is 10.6 Å². The molecule has 2 aliphatic heterocycles. The molecular formula is C13H21N5O2. The fourth-order valence-corrected chi connectivity index (χ4v) is 3.15. The summed E-state index contributed by atoms with van der Waals surface area (Å²) in [5.74, 6) is 5.37. The van der Waals surface area contributed by atoms with E-state index in [1.807, 2.05) is 0 Å². The van der Waals surface area contributed by atoms with Crippen LogP contribution in [-0.4, -0.2) is 53.1 Å². The fraction of sp³-hybridized carbons (Fsp3) is 0.692. The van der Waals surface area contributed by atoms with Crippen LogP contribution in [0, 0.1) is 0 Å². The van der Waals surface area contributed by atoms with Crippen molar-refractivity contribution >= 4 is 5.91 Å². The van der Waals surface area contributed by atoms with Gasteiger partial charge < -0.3 is 4.52 Å². The van der Waals surface area contributed by atoms with Crippen LogP contribution in [0.1, 0.15) is 35.5 Å². The average molecular weight is 279 g/mol. The Morgan fingerprint density at radius 1 is 1.45 bits per heavy atom. The molecule has 0 radical (unpaired) electrons. The monoisotopic (exact) mass is 279 g/mol. The molecule has 0 spiro atoms. The summed E-state index contributed by atoms with van der Waals surface area (Å²) in [6.07, 6.45) is 3.95. The number of hydrogen-bond donors (Lipinski definition) is 2. The molecule has 7 nitrogen and oxygen atoms in total. The average Bonchev–Trinajstić information content (AvgIpc) is 2.95. The van der Waals surface area contributed by atoms with Gasteiger partial charge in [-0.25, -0.2) is 5.84 Å². The molecule has 0 aliphatic carbocycles. The number of hydrazine groups is 1. The van der Waals surface area contributed by atoms with E-state index >= 15 is 0 Å². The third kappa shape index (κ3) is 2.84. The molecule has 1 atom stereocenters. The third-order valence-corrected chi connectivity index (χ3v) is 4.22. The van der Waals surface area contributed by atoms with E-state index in [0.29, 0.717) is 18.3 Å². The minimum atomic E-state index is -0.419. The van der Waals surface area contributed by atoms with Gasteiger partial charge in [-0.1, -0.05) is 11.6 Å². The maximum Gasteiger partial charge on any atom is 0.287 e. The summed E-state index contributed by atoms with van der Waals surface area (Å²) in [5.41, 5.74) is 2.29.